The molecule has 3 nitrogen and oxygen atoms in total. The number of carbonyl (C=O) groups is 2. The second-order valence-electron chi connectivity index (χ2n) is 2.75. The highest BCUT2D eigenvalue weighted by atomic mass is 35.5. The highest BCUT2D eigenvalue weighted by Gasteiger charge is 2.39. The molecule has 1 heterocycles. The lowest BCUT2D eigenvalue weighted by Crippen LogP contribution is -2.28. The van der Waals surface area contributed by atoms with E-state index in [0.717, 1.165) is 6.42 Å². The van der Waals surface area contributed by atoms with Gasteiger partial charge in [-0.25, -0.2) is 0 Å². The van der Waals surface area contributed by atoms with Gasteiger partial charge in [0.25, 0.3) is 0 Å². The van der Waals surface area contributed by atoms with E-state index in [-0.39, 0.29) is 5.78 Å². The van der Waals surface area contributed by atoms with Crippen molar-refractivity contribution in [2.45, 2.75) is 24.0 Å². The minimum atomic E-state index is -0.686. The largest absolute Gasteiger partial charge is 0.465 e. The standard InChI is InChI=1S/C8H11ClO3S/c1-2-3-12-8(11)7-6(10)5(9)4-13-7/h5,7H,2-4H2,1H3. The van der Waals surface area contributed by atoms with Crippen LogP contribution in [0, 0.1) is 0 Å². The van der Waals surface area contributed by atoms with Crippen LogP contribution in [0.5, 0.6) is 0 Å². The summed E-state index contributed by atoms with van der Waals surface area (Å²) in [6, 6.07) is 0. The number of rotatable bonds is 3. The van der Waals surface area contributed by atoms with E-state index < -0.39 is 16.6 Å². The summed E-state index contributed by atoms with van der Waals surface area (Å²) in [7, 11) is 0. The Morgan fingerprint density at radius 2 is 2.46 bits per heavy atom. The van der Waals surface area contributed by atoms with Gasteiger partial charge in [0.2, 0.25) is 0 Å². The predicted molar refractivity (Wildman–Crippen MR) is 52.1 cm³/mol. The number of carbonyl (C=O) groups excluding carboxylic acids is 2. The molecule has 0 N–H and O–H groups in total. The second kappa shape index (κ2) is 4.86. The lowest BCUT2D eigenvalue weighted by atomic mass is 10.2. The number of ether oxygens (including phenoxy) is 1. The fourth-order valence-electron chi connectivity index (χ4n) is 0.972. The monoisotopic (exact) mass is 222 g/mol. The Balaban J connectivity index is 2.44. The van der Waals surface area contributed by atoms with Crippen molar-refractivity contribution in [2.75, 3.05) is 12.4 Å². The van der Waals surface area contributed by atoms with Crippen LogP contribution in [0.3, 0.4) is 0 Å². The van der Waals surface area contributed by atoms with Gasteiger partial charge in [-0.15, -0.1) is 23.4 Å². The first-order chi connectivity index (χ1) is 6.16. The Labute approximate surface area is 86.2 Å². The third-order valence-corrected chi connectivity index (χ3v) is 3.48. The van der Waals surface area contributed by atoms with E-state index in [1.807, 2.05) is 6.92 Å². The fraction of sp³-hybridized carbons (Fsp3) is 0.750. The molecule has 0 spiro atoms. The lowest BCUT2D eigenvalue weighted by Gasteiger charge is -2.06. The molecule has 0 saturated carbocycles. The molecule has 13 heavy (non-hydrogen) atoms. The van der Waals surface area contributed by atoms with Crippen LogP contribution in [-0.2, 0) is 14.3 Å². The highest BCUT2D eigenvalue weighted by Crippen LogP contribution is 2.27. The number of Topliss-reactive ketones (excluding diaryl/α,β-unsaturated/α-hetero) is 1. The maximum atomic E-state index is 11.3. The predicted octanol–water partition coefficient (Wildman–Crippen LogP) is 1.23. The molecule has 1 aliphatic rings. The second-order valence-corrected chi connectivity index (χ2v) is 4.42. The molecule has 1 rings (SSSR count). The molecule has 5 heteroatoms. The summed E-state index contributed by atoms with van der Waals surface area (Å²) in [6.45, 7) is 2.28. The van der Waals surface area contributed by atoms with Gasteiger partial charge in [-0.3, -0.25) is 9.59 Å². The molecule has 0 bridgehead atoms. The number of alkyl halides is 1. The van der Waals surface area contributed by atoms with E-state index >= 15 is 0 Å². The summed E-state index contributed by atoms with van der Waals surface area (Å²) >= 11 is 6.92. The lowest BCUT2D eigenvalue weighted by molar-refractivity contribution is -0.144. The van der Waals surface area contributed by atoms with Gasteiger partial charge in [0.05, 0.1) is 6.61 Å². The van der Waals surface area contributed by atoms with Crippen molar-refractivity contribution < 1.29 is 14.3 Å². The Hall–Kier alpha value is -0.220. The van der Waals surface area contributed by atoms with Crippen LogP contribution in [0.4, 0.5) is 0 Å². The summed E-state index contributed by atoms with van der Waals surface area (Å²) in [5.74, 6) is -0.153. The molecule has 0 amide bonds. The molecular weight excluding hydrogens is 212 g/mol. The van der Waals surface area contributed by atoms with Crippen LogP contribution < -0.4 is 0 Å². The van der Waals surface area contributed by atoms with Crippen LogP contribution in [0.1, 0.15) is 13.3 Å². The molecule has 0 aromatic carbocycles. The van der Waals surface area contributed by atoms with Crippen LogP contribution in [-0.4, -0.2) is 34.7 Å². The zero-order chi connectivity index (χ0) is 9.84. The highest BCUT2D eigenvalue weighted by molar-refractivity contribution is 8.02. The number of thioether (sulfide) groups is 1. The zero-order valence-corrected chi connectivity index (χ0v) is 8.86. The Bertz CT molecular complexity index is 219. The maximum Gasteiger partial charge on any atom is 0.326 e. The van der Waals surface area contributed by atoms with Crippen LogP contribution in [0.15, 0.2) is 0 Å². The van der Waals surface area contributed by atoms with E-state index in [2.05, 4.69) is 0 Å². The first-order valence-electron chi connectivity index (χ1n) is 4.13. The van der Waals surface area contributed by atoms with Gasteiger partial charge in [-0.2, -0.15) is 0 Å². The minimum Gasteiger partial charge on any atom is -0.465 e. The van der Waals surface area contributed by atoms with Crippen molar-refractivity contribution in [1.82, 2.24) is 0 Å². The van der Waals surface area contributed by atoms with Crippen LogP contribution in [0.2, 0.25) is 0 Å². The van der Waals surface area contributed by atoms with E-state index in [0.29, 0.717) is 12.4 Å². The molecule has 0 aromatic rings. The number of hydrogen-bond donors (Lipinski definition) is 0. The summed E-state index contributed by atoms with van der Waals surface area (Å²) in [4.78, 5) is 22.5. The van der Waals surface area contributed by atoms with Gasteiger partial charge in [0.1, 0.15) is 5.38 Å². The smallest absolute Gasteiger partial charge is 0.326 e. The first kappa shape index (κ1) is 10.9. The van der Waals surface area contributed by atoms with E-state index in [1.165, 1.54) is 11.8 Å². The maximum absolute atomic E-state index is 11.3. The zero-order valence-electron chi connectivity index (χ0n) is 7.29. The number of esters is 1. The average molecular weight is 223 g/mol. The SMILES string of the molecule is CCCOC(=O)C1SCC(Cl)C1=O. The Kier molecular flexibility index (Phi) is 4.06. The number of hydrogen-bond acceptors (Lipinski definition) is 4. The summed E-state index contributed by atoms with van der Waals surface area (Å²) in [5, 5.41) is -1.21. The molecule has 1 fully saturated rings. The molecule has 2 unspecified atom stereocenters. The van der Waals surface area contributed by atoms with E-state index in [9.17, 15) is 9.59 Å². The molecule has 0 radical (unpaired) electrons. The van der Waals surface area contributed by atoms with Gasteiger partial charge in [-0.05, 0) is 6.42 Å². The fourth-order valence-corrected chi connectivity index (χ4v) is 2.45. The van der Waals surface area contributed by atoms with Crippen molar-refractivity contribution in [1.29, 1.82) is 0 Å². The van der Waals surface area contributed by atoms with Crippen molar-refractivity contribution in [3.63, 3.8) is 0 Å². The van der Waals surface area contributed by atoms with E-state index in [1.54, 1.807) is 0 Å². The van der Waals surface area contributed by atoms with Crippen LogP contribution in [0.25, 0.3) is 0 Å². The summed E-state index contributed by atoms with van der Waals surface area (Å²) in [6.07, 6.45) is 0.765. The first-order valence-corrected chi connectivity index (χ1v) is 5.61. The number of ketones is 1. The Morgan fingerprint density at radius 3 is 2.92 bits per heavy atom. The van der Waals surface area contributed by atoms with Crippen molar-refractivity contribution in [2.24, 2.45) is 0 Å². The van der Waals surface area contributed by atoms with Crippen molar-refractivity contribution in [3.05, 3.63) is 0 Å². The van der Waals surface area contributed by atoms with Gasteiger partial charge in [0, 0.05) is 5.75 Å². The normalized spacial score (nSPS) is 27.7. The summed E-state index contributed by atoms with van der Waals surface area (Å²) in [5.41, 5.74) is 0. The number of halogens is 1. The average Bonchev–Trinajstić information content (AvgIpc) is 2.44. The minimum absolute atomic E-state index is 0.215. The third kappa shape index (κ3) is 2.61. The van der Waals surface area contributed by atoms with Crippen molar-refractivity contribution >= 4 is 35.1 Å². The van der Waals surface area contributed by atoms with Gasteiger partial charge >= 0.3 is 5.97 Å². The topological polar surface area (TPSA) is 43.4 Å². The quantitative estimate of drug-likeness (QED) is 0.409. The molecule has 2 atom stereocenters. The van der Waals surface area contributed by atoms with Crippen LogP contribution >= 0.6 is 23.4 Å². The molecule has 74 valence electrons. The van der Waals surface area contributed by atoms with Crippen molar-refractivity contribution in [3.8, 4) is 0 Å². The Morgan fingerprint density at radius 1 is 1.77 bits per heavy atom. The van der Waals surface area contributed by atoms with E-state index in [4.69, 9.17) is 16.3 Å². The van der Waals surface area contributed by atoms with Gasteiger partial charge in [0.15, 0.2) is 11.0 Å². The summed E-state index contributed by atoms with van der Waals surface area (Å²) < 4.78 is 4.85. The molecular formula is C8H11ClO3S. The molecule has 0 aliphatic carbocycles. The van der Waals surface area contributed by atoms with Gasteiger partial charge in [-0.1, -0.05) is 6.92 Å². The molecule has 1 saturated heterocycles. The van der Waals surface area contributed by atoms with Gasteiger partial charge < -0.3 is 4.74 Å². The molecule has 1 aliphatic heterocycles. The third-order valence-electron chi connectivity index (χ3n) is 1.64. The molecule has 0 aromatic heterocycles.